The van der Waals surface area contributed by atoms with Crippen LogP contribution in [0.5, 0.6) is 0 Å². The Hall–Kier alpha value is -1.61. The summed E-state index contributed by atoms with van der Waals surface area (Å²) in [6.07, 6.45) is 5.03. The number of aromatic nitrogens is 2. The topological polar surface area (TPSA) is 21.1 Å². The molecule has 0 aliphatic rings. The van der Waals surface area contributed by atoms with Crippen LogP contribution < -0.4 is 0 Å². The summed E-state index contributed by atoms with van der Waals surface area (Å²) in [6.45, 7) is 7.55. The normalized spacial score (nSPS) is 11.4. The van der Waals surface area contributed by atoms with Crippen LogP contribution in [-0.4, -0.2) is 28.0 Å². The third-order valence-corrected chi connectivity index (χ3v) is 3.42. The largest absolute Gasteiger partial charge is 0.333 e. The van der Waals surface area contributed by atoms with Gasteiger partial charge in [0.2, 0.25) is 0 Å². The lowest BCUT2D eigenvalue weighted by Crippen LogP contribution is -2.22. The number of imidazole rings is 1. The van der Waals surface area contributed by atoms with Gasteiger partial charge >= 0.3 is 0 Å². The number of likely N-dealkylation sites (N-methyl/N-ethyl adjacent to an activating group) is 1. The van der Waals surface area contributed by atoms with Crippen molar-refractivity contribution in [3.8, 4) is 0 Å². The molecule has 3 nitrogen and oxygen atoms in total. The van der Waals surface area contributed by atoms with Gasteiger partial charge in [0.25, 0.3) is 0 Å². The highest BCUT2D eigenvalue weighted by Gasteiger charge is 2.07. The van der Waals surface area contributed by atoms with E-state index in [9.17, 15) is 0 Å². The lowest BCUT2D eigenvalue weighted by molar-refractivity contribution is 0.318. The van der Waals surface area contributed by atoms with E-state index in [2.05, 4.69) is 65.7 Å². The number of hydrogen-bond donors (Lipinski definition) is 0. The highest BCUT2D eigenvalue weighted by Crippen LogP contribution is 2.08. The monoisotopic (exact) mass is 271 g/mol. The van der Waals surface area contributed by atoms with Gasteiger partial charge in [0.05, 0.1) is 12.0 Å². The predicted octanol–water partition coefficient (Wildman–Crippen LogP) is 3.21. The van der Waals surface area contributed by atoms with Crippen molar-refractivity contribution in [1.82, 2.24) is 14.5 Å². The van der Waals surface area contributed by atoms with Crippen LogP contribution >= 0.6 is 0 Å². The van der Waals surface area contributed by atoms with Crippen LogP contribution in [0, 0.1) is 5.92 Å². The minimum absolute atomic E-state index is 0.651. The van der Waals surface area contributed by atoms with Crippen molar-refractivity contribution in [3.05, 3.63) is 54.1 Å². The van der Waals surface area contributed by atoms with Gasteiger partial charge in [-0.15, -0.1) is 0 Å². The van der Waals surface area contributed by atoms with Gasteiger partial charge in [-0.3, -0.25) is 0 Å². The molecule has 0 aliphatic carbocycles. The maximum atomic E-state index is 4.28. The fourth-order valence-electron chi connectivity index (χ4n) is 2.36. The van der Waals surface area contributed by atoms with Crippen molar-refractivity contribution < 1.29 is 0 Å². The van der Waals surface area contributed by atoms with Crippen molar-refractivity contribution in [2.24, 2.45) is 5.92 Å². The number of hydrogen-bond acceptors (Lipinski definition) is 2. The van der Waals surface area contributed by atoms with Crippen LogP contribution in [0.2, 0.25) is 0 Å². The SMILES string of the molecule is CC(C)Cn1cncc1CN(C)CCc1ccccc1. The highest BCUT2D eigenvalue weighted by molar-refractivity contribution is 5.14. The molecule has 0 amide bonds. The maximum Gasteiger partial charge on any atom is 0.0948 e. The van der Waals surface area contributed by atoms with Crippen molar-refractivity contribution in [2.45, 2.75) is 33.4 Å². The van der Waals surface area contributed by atoms with Gasteiger partial charge in [-0.05, 0) is 24.9 Å². The van der Waals surface area contributed by atoms with Gasteiger partial charge in [-0.25, -0.2) is 4.98 Å². The Bertz CT molecular complexity index is 502. The van der Waals surface area contributed by atoms with Crippen LogP contribution in [0.4, 0.5) is 0 Å². The molecule has 2 aromatic rings. The summed E-state index contributed by atoms with van der Waals surface area (Å²) in [5, 5.41) is 0. The Balaban J connectivity index is 1.85. The van der Waals surface area contributed by atoms with E-state index in [1.54, 1.807) is 0 Å². The average molecular weight is 271 g/mol. The van der Waals surface area contributed by atoms with Gasteiger partial charge < -0.3 is 9.47 Å². The Morgan fingerprint density at radius 3 is 2.65 bits per heavy atom. The molecule has 0 unspecified atom stereocenters. The summed E-state index contributed by atoms with van der Waals surface area (Å²) in [4.78, 5) is 6.64. The molecule has 0 fully saturated rings. The van der Waals surface area contributed by atoms with E-state index >= 15 is 0 Å². The summed E-state index contributed by atoms with van der Waals surface area (Å²) in [5.74, 6) is 0.651. The Labute approximate surface area is 122 Å². The summed E-state index contributed by atoms with van der Waals surface area (Å²) in [7, 11) is 2.18. The zero-order valence-corrected chi connectivity index (χ0v) is 12.8. The molecule has 20 heavy (non-hydrogen) atoms. The molecule has 0 saturated heterocycles. The third-order valence-electron chi connectivity index (χ3n) is 3.42. The van der Waals surface area contributed by atoms with Crippen molar-refractivity contribution >= 4 is 0 Å². The van der Waals surface area contributed by atoms with Crippen molar-refractivity contribution in [3.63, 3.8) is 0 Å². The summed E-state index contributed by atoms with van der Waals surface area (Å²) in [5.41, 5.74) is 2.70. The second-order valence-electron chi connectivity index (χ2n) is 5.90. The molecule has 0 saturated carbocycles. The van der Waals surface area contributed by atoms with Gasteiger partial charge in [-0.1, -0.05) is 44.2 Å². The summed E-state index contributed by atoms with van der Waals surface area (Å²) < 4.78 is 2.27. The van der Waals surface area contributed by atoms with E-state index in [1.807, 2.05) is 12.5 Å². The fourth-order valence-corrected chi connectivity index (χ4v) is 2.36. The van der Waals surface area contributed by atoms with Gasteiger partial charge in [0, 0.05) is 25.8 Å². The third kappa shape index (κ3) is 4.49. The second-order valence-corrected chi connectivity index (χ2v) is 5.90. The molecule has 1 heterocycles. The predicted molar refractivity (Wildman–Crippen MR) is 83.5 cm³/mol. The molecule has 3 heteroatoms. The molecule has 0 atom stereocenters. The Morgan fingerprint density at radius 1 is 1.20 bits per heavy atom. The van der Waals surface area contributed by atoms with Gasteiger partial charge in [0.1, 0.15) is 0 Å². The maximum absolute atomic E-state index is 4.28. The number of rotatable bonds is 7. The molecule has 1 aromatic carbocycles. The Morgan fingerprint density at radius 2 is 1.95 bits per heavy atom. The molecule has 0 bridgehead atoms. The second kappa shape index (κ2) is 7.25. The van der Waals surface area contributed by atoms with E-state index in [0.29, 0.717) is 5.92 Å². The minimum atomic E-state index is 0.651. The smallest absolute Gasteiger partial charge is 0.0948 e. The standard InChI is InChI=1S/C17H25N3/c1-15(2)12-20-14-18-11-17(20)13-19(3)10-9-16-7-5-4-6-8-16/h4-8,11,14-15H,9-10,12-13H2,1-3H3. The quantitative estimate of drug-likeness (QED) is 0.771. The first kappa shape index (κ1) is 14.8. The first-order chi connectivity index (χ1) is 9.65. The molecule has 1 aromatic heterocycles. The first-order valence-electron chi connectivity index (χ1n) is 7.36. The number of nitrogens with zero attached hydrogens (tertiary/aromatic N) is 3. The van der Waals surface area contributed by atoms with Crippen LogP contribution in [-0.2, 0) is 19.5 Å². The lowest BCUT2D eigenvalue weighted by Gasteiger charge is -2.18. The van der Waals surface area contributed by atoms with E-state index in [-0.39, 0.29) is 0 Å². The summed E-state index contributed by atoms with van der Waals surface area (Å²) >= 11 is 0. The molecular formula is C17H25N3. The fraction of sp³-hybridized carbons (Fsp3) is 0.471. The first-order valence-corrected chi connectivity index (χ1v) is 7.36. The van der Waals surface area contributed by atoms with Gasteiger partial charge in [-0.2, -0.15) is 0 Å². The number of benzene rings is 1. The molecule has 0 radical (unpaired) electrons. The molecule has 108 valence electrons. The summed E-state index contributed by atoms with van der Waals surface area (Å²) in [6, 6.07) is 10.7. The van der Waals surface area contributed by atoms with E-state index in [0.717, 1.165) is 26.1 Å². The van der Waals surface area contributed by atoms with Crippen molar-refractivity contribution in [2.75, 3.05) is 13.6 Å². The molecule has 0 N–H and O–H groups in total. The lowest BCUT2D eigenvalue weighted by atomic mass is 10.1. The van der Waals surface area contributed by atoms with Crippen LogP contribution in [0.3, 0.4) is 0 Å². The van der Waals surface area contributed by atoms with Crippen LogP contribution in [0.1, 0.15) is 25.1 Å². The minimum Gasteiger partial charge on any atom is -0.333 e. The molecule has 0 spiro atoms. The molecule has 0 aliphatic heterocycles. The van der Waals surface area contributed by atoms with Crippen LogP contribution in [0.15, 0.2) is 42.9 Å². The van der Waals surface area contributed by atoms with Gasteiger partial charge in [0.15, 0.2) is 0 Å². The average Bonchev–Trinajstić information content (AvgIpc) is 2.84. The zero-order chi connectivity index (χ0) is 14.4. The van der Waals surface area contributed by atoms with Crippen LogP contribution in [0.25, 0.3) is 0 Å². The van der Waals surface area contributed by atoms with Crippen molar-refractivity contribution in [1.29, 1.82) is 0 Å². The Kier molecular flexibility index (Phi) is 5.36. The van der Waals surface area contributed by atoms with E-state index in [4.69, 9.17) is 0 Å². The molecule has 2 rings (SSSR count). The zero-order valence-electron chi connectivity index (χ0n) is 12.8. The highest BCUT2D eigenvalue weighted by atomic mass is 15.1. The molecular weight excluding hydrogens is 246 g/mol. The van der Waals surface area contributed by atoms with E-state index in [1.165, 1.54) is 11.3 Å². The van der Waals surface area contributed by atoms with E-state index < -0.39 is 0 Å².